The van der Waals surface area contributed by atoms with Crippen LogP contribution in [0.4, 0.5) is 5.69 Å². The number of aliphatic hydroxyl groups excluding tert-OH is 1. The quantitative estimate of drug-likeness (QED) is 0.893. The lowest BCUT2D eigenvalue weighted by molar-refractivity contribution is 0.261. The van der Waals surface area contributed by atoms with E-state index < -0.39 is 0 Å². The summed E-state index contributed by atoms with van der Waals surface area (Å²) in [5.41, 5.74) is 1.16. The third-order valence-corrected chi connectivity index (χ3v) is 2.81. The molecule has 2 N–H and O–H groups in total. The van der Waals surface area contributed by atoms with Gasteiger partial charge in [-0.1, -0.05) is 15.9 Å². The highest BCUT2D eigenvalue weighted by atomic mass is 79.9. The molecule has 0 atom stereocenters. The van der Waals surface area contributed by atoms with Gasteiger partial charge < -0.3 is 10.4 Å². The number of nitriles is 1. The maximum atomic E-state index is 8.98. The fraction of sp³-hybridized carbons (Fsp3) is 0.417. The van der Waals surface area contributed by atoms with Crippen LogP contribution < -0.4 is 5.32 Å². The van der Waals surface area contributed by atoms with E-state index in [0.29, 0.717) is 12.0 Å². The molecule has 0 amide bonds. The van der Waals surface area contributed by atoms with Crippen LogP contribution in [-0.4, -0.2) is 17.3 Å². The third-order valence-electron chi connectivity index (χ3n) is 2.31. The van der Waals surface area contributed by atoms with Crippen LogP contribution in [0.3, 0.4) is 0 Å². The second-order valence-electron chi connectivity index (χ2n) is 4.28. The first-order valence-electron chi connectivity index (χ1n) is 5.07. The lowest BCUT2D eigenvalue weighted by Gasteiger charge is -2.27. The van der Waals surface area contributed by atoms with Gasteiger partial charge in [0.15, 0.2) is 0 Å². The topological polar surface area (TPSA) is 56.0 Å². The van der Waals surface area contributed by atoms with E-state index in [4.69, 9.17) is 10.4 Å². The Morgan fingerprint density at radius 2 is 2.19 bits per heavy atom. The summed E-state index contributed by atoms with van der Waals surface area (Å²) < 4.78 is 0.925. The molecular formula is C12H15BrN2O. The van der Waals surface area contributed by atoms with Crippen molar-refractivity contribution in [3.8, 4) is 6.07 Å². The maximum Gasteiger partial charge on any atom is 0.101 e. The van der Waals surface area contributed by atoms with E-state index >= 15 is 0 Å². The van der Waals surface area contributed by atoms with Crippen molar-refractivity contribution in [2.24, 2.45) is 0 Å². The molecule has 0 aliphatic heterocycles. The SMILES string of the molecule is CC(C)(CCO)Nc1cc(Br)ccc1C#N. The zero-order valence-corrected chi connectivity index (χ0v) is 11.0. The highest BCUT2D eigenvalue weighted by Crippen LogP contribution is 2.25. The van der Waals surface area contributed by atoms with Crippen molar-refractivity contribution in [3.05, 3.63) is 28.2 Å². The first kappa shape index (κ1) is 13.0. The molecule has 0 saturated heterocycles. The van der Waals surface area contributed by atoms with Gasteiger partial charge in [0.2, 0.25) is 0 Å². The Bertz CT molecular complexity index is 410. The van der Waals surface area contributed by atoms with Gasteiger partial charge in [-0.2, -0.15) is 5.26 Å². The Balaban J connectivity index is 2.96. The number of hydrogen-bond donors (Lipinski definition) is 2. The fourth-order valence-electron chi connectivity index (χ4n) is 1.42. The summed E-state index contributed by atoms with van der Waals surface area (Å²) in [7, 11) is 0. The Morgan fingerprint density at radius 1 is 1.50 bits per heavy atom. The van der Waals surface area contributed by atoms with Crippen LogP contribution in [0.25, 0.3) is 0 Å². The van der Waals surface area contributed by atoms with Crippen molar-refractivity contribution in [3.63, 3.8) is 0 Å². The van der Waals surface area contributed by atoms with Crippen LogP contribution in [0.5, 0.6) is 0 Å². The van der Waals surface area contributed by atoms with Gasteiger partial charge in [0.25, 0.3) is 0 Å². The Labute approximate surface area is 104 Å². The van der Waals surface area contributed by atoms with Crippen LogP contribution in [-0.2, 0) is 0 Å². The fourth-order valence-corrected chi connectivity index (χ4v) is 1.79. The normalized spacial score (nSPS) is 10.9. The summed E-state index contributed by atoms with van der Waals surface area (Å²) in [6.45, 7) is 4.10. The number of nitrogens with zero attached hydrogens (tertiary/aromatic N) is 1. The Kier molecular flexibility index (Phi) is 4.34. The van der Waals surface area contributed by atoms with Crippen molar-refractivity contribution in [2.75, 3.05) is 11.9 Å². The largest absolute Gasteiger partial charge is 0.396 e. The molecule has 1 aromatic rings. The molecule has 16 heavy (non-hydrogen) atoms. The number of halogens is 1. The lowest BCUT2D eigenvalue weighted by Crippen LogP contribution is -2.32. The van der Waals surface area contributed by atoms with Crippen LogP contribution in [0.15, 0.2) is 22.7 Å². The Morgan fingerprint density at radius 3 is 2.75 bits per heavy atom. The summed E-state index contributed by atoms with van der Waals surface area (Å²) in [6.07, 6.45) is 0.629. The smallest absolute Gasteiger partial charge is 0.101 e. The molecule has 0 saturated carbocycles. The van der Waals surface area contributed by atoms with Crippen molar-refractivity contribution < 1.29 is 5.11 Å². The van der Waals surface area contributed by atoms with Crippen molar-refractivity contribution in [1.29, 1.82) is 5.26 Å². The summed E-state index contributed by atoms with van der Waals surface area (Å²) in [5.74, 6) is 0. The minimum Gasteiger partial charge on any atom is -0.396 e. The molecule has 86 valence electrons. The van der Waals surface area contributed by atoms with Crippen LogP contribution in [0, 0.1) is 11.3 Å². The third kappa shape index (κ3) is 3.51. The molecule has 4 heteroatoms. The number of anilines is 1. The van der Waals surface area contributed by atoms with Crippen LogP contribution in [0.1, 0.15) is 25.8 Å². The predicted octanol–water partition coefficient (Wildman–Crippen LogP) is 2.89. The number of hydrogen-bond acceptors (Lipinski definition) is 3. The summed E-state index contributed by atoms with van der Waals surface area (Å²) >= 11 is 3.37. The Hall–Kier alpha value is -1.05. The van der Waals surface area contributed by atoms with Gasteiger partial charge in [-0.25, -0.2) is 0 Å². The second-order valence-corrected chi connectivity index (χ2v) is 5.20. The van der Waals surface area contributed by atoms with E-state index in [2.05, 4.69) is 27.3 Å². The van der Waals surface area contributed by atoms with Crippen LogP contribution in [0.2, 0.25) is 0 Å². The van der Waals surface area contributed by atoms with E-state index in [1.807, 2.05) is 26.0 Å². The summed E-state index contributed by atoms with van der Waals surface area (Å²) in [4.78, 5) is 0. The minimum absolute atomic E-state index is 0.121. The summed E-state index contributed by atoms with van der Waals surface area (Å²) in [5, 5.41) is 21.2. The highest BCUT2D eigenvalue weighted by Gasteiger charge is 2.18. The lowest BCUT2D eigenvalue weighted by atomic mass is 10.00. The summed E-state index contributed by atoms with van der Waals surface area (Å²) in [6, 6.07) is 7.62. The molecule has 0 aliphatic rings. The predicted molar refractivity (Wildman–Crippen MR) is 68.3 cm³/mol. The van der Waals surface area contributed by atoms with Crippen LogP contribution >= 0.6 is 15.9 Å². The van der Waals surface area contributed by atoms with E-state index in [0.717, 1.165) is 10.2 Å². The van der Waals surface area contributed by atoms with Gasteiger partial charge in [-0.05, 0) is 38.5 Å². The van der Waals surface area contributed by atoms with Gasteiger partial charge in [0.1, 0.15) is 6.07 Å². The van der Waals surface area contributed by atoms with Gasteiger partial charge in [-0.3, -0.25) is 0 Å². The van der Waals surface area contributed by atoms with Gasteiger partial charge in [0.05, 0.1) is 11.3 Å². The number of rotatable bonds is 4. The molecule has 1 rings (SSSR count). The van der Waals surface area contributed by atoms with Crippen molar-refractivity contribution >= 4 is 21.6 Å². The molecule has 0 radical (unpaired) electrons. The average molecular weight is 283 g/mol. The van der Waals surface area contributed by atoms with Crippen molar-refractivity contribution in [1.82, 2.24) is 0 Å². The molecule has 0 heterocycles. The van der Waals surface area contributed by atoms with E-state index in [1.165, 1.54) is 0 Å². The van der Waals surface area contributed by atoms with Crippen molar-refractivity contribution in [2.45, 2.75) is 25.8 Å². The molecule has 0 spiro atoms. The van der Waals surface area contributed by atoms with E-state index in [1.54, 1.807) is 6.07 Å². The van der Waals surface area contributed by atoms with Gasteiger partial charge >= 0.3 is 0 Å². The molecule has 0 bridgehead atoms. The first-order valence-corrected chi connectivity index (χ1v) is 5.86. The van der Waals surface area contributed by atoms with E-state index in [-0.39, 0.29) is 12.1 Å². The first-order chi connectivity index (χ1) is 7.48. The van der Waals surface area contributed by atoms with Gasteiger partial charge in [0, 0.05) is 16.6 Å². The zero-order chi connectivity index (χ0) is 12.2. The molecule has 0 aromatic heterocycles. The number of aliphatic hydroxyl groups is 1. The maximum absolute atomic E-state index is 8.98. The molecule has 1 aromatic carbocycles. The number of nitrogens with one attached hydrogen (secondary N) is 1. The molecule has 0 aliphatic carbocycles. The molecule has 3 nitrogen and oxygen atoms in total. The highest BCUT2D eigenvalue weighted by molar-refractivity contribution is 9.10. The monoisotopic (exact) mass is 282 g/mol. The average Bonchev–Trinajstić information content (AvgIpc) is 2.17. The van der Waals surface area contributed by atoms with E-state index in [9.17, 15) is 0 Å². The number of benzene rings is 1. The zero-order valence-electron chi connectivity index (χ0n) is 9.42. The standard InChI is InChI=1S/C12H15BrN2O/c1-12(2,5-6-16)15-11-7-10(13)4-3-9(11)8-14/h3-4,7,15-16H,5-6H2,1-2H3. The van der Waals surface area contributed by atoms with Gasteiger partial charge in [-0.15, -0.1) is 0 Å². The molecule has 0 fully saturated rings. The second kappa shape index (κ2) is 5.33. The molecular weight excluding hydrogens is 268 g/mol. The molecule has 0 unspecified atom stereocenters. The minimum atomic E-state index is -0.235.